The Morgan fingerprint density at radius 1 is 1.19 bits per heavy atom. The minimum Gasteiger partial charge on any atom is -0.467 e. The molecule has 1 aliphatic rings. The molecule has 0 bridgehead atoms. The van der Waals surface area contributed by atoms with Crippen LogP contribution in [-0.2, 0) is 20.7 Å². The average Bonchev–Trinajstić information content (AvgIpc) is 3.10. The van der Waals surface area contributed by atoms with Gasteiger partial charge in [-0.25, -0.2) is 9.78 Å². The lowest BCUT2D eigenvalue weighted by Crippen LogP contribution is -2.56. The van der Waals surface area contributed by atoms with Gasteiger partial charge in [0.05, 0.1) is 19.2 Å². The molecule has 1 aliphatic carbocycles. The molecule has 1 N–H and O–H groups in total. The zero-order chi connectivity index (χ0) is 18.6. The third-order valence-corrected chi connectivity index (χ3v) is 5.79. The maximum absolute atomic E-state index is 12.5. The van der Waals surface area contributed by atoms with Crippen molar-refractivity contribution in [2.45, 2.75) is 51.0 Å². The molecule has 0 atom stereocenters. The molecule has 2 aromatic rings. The van der Waals surface area contributed by atoms with E-state index in [-0.39, 0.29) is 18.3 Å². The number of hydrogen-bond donors (Lipinski definition) is 1. The highest BCUT2D eigenvalue weighted by Crippen LogP contribution is 2.30. The van der Waals surface area contributed by atoms with Crippen LogP contribution >= 0.6 is 11.3 Å². The number of rotatable bonds is 5. The molecule has 138 valence electrons. The van der Waals surface area contributed by atoms with Crippen molar-refractivity contribution in [3.05, 3.63) is 40.9 Å². The molecule has 26 heavy (non-hydrogen) atoms. The first-order chi connectivity index (χ1) is 12.5. The van der Waals surface area contributed by atoms with E-state index in [0.29, 0.717) is 12.8 Å². The molecule has 0 unspecified atom stereocenters. The van der Waals surface area contributed by atoms with Crippen molar-refractivity contribution in [1.29, 1.82) is 0 Å². The first-order valence-corrected chi connectivity index (χ1v) is 9.81. The topological polar surface area (TPSA) is 68.3 Å². The highest BCUT2D eigenvalue weighted by atomic mass is 32.1. The van der Waals surface area contributed by atoms with Gasteiger partial charge in [0.25, 0.3) is 0 Å². The normalized spacial score (nSPS) is 16.1. The summed E-state index contributed by atoms with van der Waals surface area (Å²) in [7, 11) is 1.37. The smallest absolute Gasteiger partial charge is 0.331 e. The van der Waals surface area contributed by atoms with Crippen LogP contribution in [0.2, 0.25) is 0 Å². The lowest BCUT2D eigenvalue weighted by atomic mass is 9.81. The number of carbonyl (C=O) groups is 2. The highest BCUT2D eigenvalue weighted by molar-refractivity contribution is 7.13. The first kappa shape index (κ1) is 18.6. The second kappa shape index (κ2) is 7.99. The molecule has 5 nitrogen and oxygen atoms in total. The zero-order valence-corrected chi connectivity index (χ0v) is 16.0. The summed E-state index contributed by atoms with van der Waals surface area (Å²) in [5.74, 6) is -0.526. The Kier molecular flexibility index (Phi) is 5.71. The number of methoxy groups -OCH3 is 1. The van der Waals surface area contributed by atoms with Gasteiger partial charge in [-0.2, -0.15) is 0 Å². The SMILES string of the molecule is COC(=O)C1(NC(=O)Cc2csc(-c3ccc(C)cc3)n2)CCCCC1. The Morgan fingerprint density at radius 3 is 2.54 bits per heavy atom. The summed E-state index contributed by atoms with van der Waals surface area (Å²) in [6, 6.07) is 8.16. The van der Waals surface area contributed by atoms with Crippen LogP contribution in [0.5, 0.6) is 0 Å². The Bertz CT molecular complexity index is 777. The standard InChI is InChI=1S/C20H24N2O3S/c1-14-6-8-15(9-7-14)18-21-16(13-26-18)12-17(23)22-20(19(24)25-2)10-4-3-5-11-20/h6-9,13H,3-5,10-12H2,1-2H3,(H,22,23). The van der Waals surface area contributed by atoms with Gasteiger partial charge in [-0.1, -0.05) is 49.1 Å². The average molecular weight is 372 g/mol. The minimum absolute atomic E-state index is 0.168. The van der Waals surface area contributed by atoms with Crippen molar-refractivity contribution >= 4 is 23.2 Å². The number of benzene rings is 1. The van der Waals surface area contributed by atoms with Crippen LogP contribution in [0.4, 0.5) is 0 Å². The molecule has 0 saturated heterocycles. The van der Waals surface area contributed by atoms with Gasteiger partial charge >= 0.3 is 5.97 Å². The number of nitrogens with zero attached hydrogens (tertiary/aromatic N) is 1. The molecular formula is C20H24N2O3S. The summed E-state index contributed by atoms with van der Waals surface area (Å²) in [5.41, 5.74) is 2.09. The van der Waals surface area contributed by atoms with Crippen molar-refractivity contribution in [1.82, 2.24) is 10.3 Å². The van der Waals surface area contributed by atoms with E-state index in [1.807, 2.05) is 36.6 Å². The molecule has 0 aliphatic heterocycles. The van der Waals surface area contributed by atoms with Crippen LogP contribution in [0.3, 0.4) is 0 Å². The summed E-state index contributed by atoms with van der Waals surface area (Å²) in [5, 5.41) is 5.74. The fourth-order valence-electron chi connectivity index (χ4n) is 3.42. The largest absolute Gasteiger partial charge is 0.467 e. The van der Waals surface area contributed by atoms with Gasteiger partial charge in [-0.3, -0.25) is 4.79 Å². The molecule has 6 heteroatoms. The number of carbonyl (C=O) groups excluding carboxylic acids is 2. The van der Waals surface area contributed by atoms with Crippen LogP contribution < -0.4 is 5.32 Å². The van der Waals surface area contributed by atoms with E-state index < -0.39 is 5.54 Å². The molecule has 1 saturated carbocycles. The zero-order valence-electron chi connectivity index (χ0n) is 15.2. The minimum atomic E-state index is -0.875. The highest BCUT2D eigenvalue weighted by Gasteiger charge is 2.41. The number of thiazole rings is 1. The number of ether oxygens (including phenoxy) is 1. The van der Waals surface area contributed by atoms with E-state index in [1.165, 1.54) is 24.0 Å². The fourth-order valence-corrected chi connectivity index (χ4v) is 4.25. The molecule has 0 radical (unpaired) electrons. The molecule has 1 aromatic heterocycles. The summed E-state index contributed by atoms with van der Waals surface area (Å²) >= 11 is 1.52. The van der Waals surface area contributed by atoms with Gasteiger partial charge in [0, 0.05) is 10.9 Å². The van der Waals surface area contributed by atoms with Gasteiger partial charge in [-0.15, -0.1) is 11.3 Å². The summed E-state index contributed by atoms with van der Waals surface area (Å²) in [6.45, 7) is 2.05. The molecular weight excluding hydrogens is 348 g/mol. The van der Waals surface area contributed by atoms with Crippen LogP contribution in [-0.4, -0.2) is 29.5 Å². The fraction of sp³-hybridized carbons (Fsp3) is 0.450. The van der Waals surface area contributed by atoms with Crippen molar-refractivity contribution in [2.24, 2.45) is 0 Å². The molecule has 1 aromatic carbocycles. The van der Waals surface area contributed by atoms with Crippen LogP contribution in [0.25, 0.3) is 10.6 Å². The molecule has 3 rings (SSSR count). The van der Waals surface area contributed by atoms with Gasteiger partial charge in [-0.05, 0) is 19.8 Å². The van der Waals surface area contributed by atoms with E-state index >= 15 is 0 Å². The number of nitrogens with one attached hydrogen (secondary N) is 1. The van der Waals surface area contributed by atoms with E-state index in [9.17, 15) is 9.59 Å². The number of aromatic nitrogens is 1. The van der Waals surface area contributed by atoms with Gasteiger partial charge in [0.15, 0.2) is 0 Å². The predicted octanol–water partition coefficient (Wildman–Crippen LogP) is 3.65. The lowest BCUT2D eigenvalue weighted by Gasteiger charge is -2.35. The summed E-state index contributed by atoms with van der Waals surface area (Å²) < 4.78 is 4.95. The van der Waals surface area contributed by atoms with Crippen molar-refractivity contribution in [3.8, 4) is 10.6 Å². The van der Waals surface area contributed by atoms with Crippen molar-refractivity contribution in [3.63, 3.8) is 0 Å². The number of aryl methyl sites for hydroxylation is 1. The Hall–Kier alpha value is -2.21. The van der Waals surface area contributed by atoms with E-state index in [4.69, 9.17) is 4.74 Å². The summed E-state index contributed by atoms with van der Waals surface area (Å²) in [6.07, 6.45) is 4.36. The second-order valence-electron chi connectivity index (χ2n) is 6.87. The van der Waals surface area contributed by atoms with Crippen LogP contribution in [0, 0.1) is 6.92 Å². The van der Waals surface area contributed by atoms with E-state index in [0.717, 1.165) is 35.5 Å². The van der Waals surface area contributed by atoms with Crippen LogP contribution in [0.1, 0.15) is 43.4 Å². The second-order valence-corrected chi connectivity index (χ2v) is 7.73. The lowest BCUT2D eigenvalue weighted by molar-refractivity contribution is -0.152. The molecule has 1 amide bonds. The van der Waals surface area contributed by atoms with Crippen molar-refractivity contribution in [2.75, 3.05) is 7.11 Å². The van der Waals surface area contributed by atoms with Gasteiger partial charge in [0.2, 0.25) is 5.91 Å². The van der Waals surface area contributed by atoms with Gasteiger partial charge < -0.3 is 10.1 Å². The number of esters is 1. The summed E-state index contributed by atoms with van der Waals surface area (Å²) in [4.78, 5) is 29.4. The number of amides is 1. The Balaban J connectivity index is 1.68. The van der Waals surface area contributed by atoms with Gasteiger partial charge in [0.1, 0.15) is 10.5 Å². The maximum Gasteiger partial charge on any atom is 0.331 e. The third-order valence-electron chi connectivity index (χ3n) is 4.85. The number of hydrogen-bond acceptors (Lipinski definition) is 5. The Labute approximate surface area is 157 Å². The van der Waals surface area contributed by atoms with Crippen LogP contribution in [0.15, 0.2) is 29.6 Å². The first-order valence-electron chi connectivity index (χ1n) is 8.93. The predicted molar refractivity (Wildman–Crippen MR) is 102 cm³/mol. The maximum atomic E-state index is 12.5. The van der Waals surface area contributed by atoms with Crippen molar-refractivity contribution < 1.29 is 14.3 Å². The molecule has 1 fully saturated rings. The monoisotopic (exact) mass is 372 g/mol. The molecule has 0 spiro atoms. The Morgan fingerprint density at radius 2 is 1.88 bits per heavy atom. The third kappa shape index (κ3) is 4.12. The van der Waals surface area contributed by atoms with E-state index in [1.54, 1.807) is 0 Å². The molecule has 1 heterocycles. The quantitative estimate of drug-likeness (QED) is 0.814. The van der Waals surface area contributed by atoms with E-state index in [2.05, 4.69) is 10.3 Å².